The van der Waals surface area contributed by atoms with Gasteiger partial charge in [-0.25, -0.2) is 0 Å². The zero-order valence-electron chi connectivity index (χ0n) is 14.3. The molecular weight excluding hydrogens is 396 g/mol. The number of hydrogen-bond acceptors (Lipinski definition) is 1. The van der Waals surface area contributed by atoms with E-state index in [0.29, 0.717) is 15.6 Å². The van der Waals surface area contributed by atoms with Crippen LogP contribution in [0.2, 0.25) is 15.6 Å². The molecule has 0 aromatic heterocycles. The first-order valence-corrected chi connectivity index (χ1v) is 10.9. The van der Waals surface area contributed by atoms with Crippen molar-refractivity contribution in [2.24, 2.45) is 5.92 Å². The first-order chi connectivity index (χ1) is 8.76. The lowest BCUT2D eigenvalue weighted by atomic mass is 10.0. The van der Waals surface area contributed by atoms with Gasteiger partial charge in [0, 0.05) is 5.92 Å². The summed E-state index contributed by atoms with van der Waals surface area (Å²) in [7, 11) is -1.04. The molecule has 20 heavy (non-hydrogen) atoms. The van der Waals surface area contributed by atoms with Gasteiger partial charge >= 0.3 is 0 Å². The van der Waals surface area contributed by atoms with Gasteiger partial charge in [0.05, 0.1) is 18.3 Å². The van der Waals surface area contributed by atoms with Crippen LogP contribution >= 0.6 is 31.9 Å². The molecule has 0 aliphatic rings. The fourth-order valence-electron chi connectivity index (χ4n) is 4.05. The molecule has 0 radical (unpaired) electrons. The average Bonchev–Trinajstić information content (AvgIpc) is 2.10. The molecule has 0 rings (SSSR count). The molecular formula is C16H32Br2OSi. The SMILES string of the molecule is C[C@H](C=C(Br)Br)[C@H](O)C[C@@H](C)[SiH](C(C)(C)C)C(C)(C)C. The van der Waals surface area contributed by atoms with E-state index in [-0.39, 0.29) is 12.0 Å². The Labute approximate surface area is 144 Å². The van der Waals surface area contributed by atoms with Crippen molar-refractivity contribution in [2.45, 2.75) is 83.5 Å². The van der Waals surface area contributed by atoms with E-state index in [2.05, 4.69) is 87.2 Å². The predicted octanol–water partition coefficient (Wildman–Crippen LogP) is 6.22. The van der Waals surface area contributed by atoms with Crippen LogP contribution in [0.5, 0.6) is 0 Å². The fraction of sp³-hybridized carbons (Fsp3) is 0.875. The molecule has 0 heterocycles. The quantitative estimate of drug-likeness (QED) is 0.516. The highest BCUT2D eigenvalue weighted by Gasteiger charge is 2.40. The second-order valence-electron chi connectivity index (χ2n) is 8.31. The minimum atomic E-state index is -1.04. The van der Waals surface area contributed by atoms with E-state index in [1.807, 2.05) is 6.08 Å². The van der Waals surface area contributed by atoms with Gasteiger partial charge < -0.3 is 5.11 Å². The maximum atomic E-state index is 10.5. The van der Waals surface area contributed by atoms with Gasteiger partial charge in [0.15, 0.2) is 0 Å². The van der Waals surface area contributed by atoms with Crippen LogP contribution in [0, 0.1) is 5.92 Å². The van der Waals surface area contributed by atoms with Crippen LogP contribution in [0.1, 0.15) is 61.8 Å². The molecule has 4 heteroatoms. The number of hydrogen-bond donors (Lipinski definition) is 1. The second-order valence-corrected chi connectivity index (χ2v) is 16.6. The minimum Gasteiger partial charge on any atom is -0.393 e. The zero-order chi connectivity index (χ0) is 16.3. The van der Waals surface area contributed by atoms with Gasteiger partial charge in [-0.3, -0.25) is 0 Å². The lowest BCUT2D eigenvalue weighted by molar-refractivity contribution is 0.126. The monoisotopic (exact) mass is 426 g/mol. The van der Waals surface area contributed by atoms with Gasteiger partial charge in [-0.15, -0.1) is 0 Å². The first kappa shape index (κ1) is 20.9. The van der Waals surface area contributed by atoms with E-state index in [9.17, 15) is 5.11 Å². The first-order valence-electron chi connectivity index (χ1n) is 7.47. The molecule has 1 N–H and O–H groups in total. The van der Waals surface area contributed by atoms with Gasteiger partial charge in [-0.2, -0.15) is 0 Å². The van der Waals surface area contributed by atoms with E-state index >= 15 is 0 Å². The van der Waals surface area contributed by atoms with E-state index in [1.54, 1.807) is 0 Å². The molecule has 0 unspecified atom stereocenters. The van der Waals surface area contributed by atoms with Crippen LogP contribution < -0.4 is 0 Å². The van der Waals surface area contributed by atoms with Gasteiger partial charge in [0.1, 0.15) is 0 Å². The van der Waals surface area contributed by atoms with Gasteiger partial charge in [0.2, 0.25) is 0 Å². The summed E-state index contributed by atoms with van der Waals surface area (Å²) in [6.45, 7) is 18.6. The molecule has 0 aromatic carbocycles. The summed E-state index contributed by atoms with van der Waals surface area (Å²) in [6.07, 6.45) is 2.66. The maximum absolute atomic E-state index is 10.5. The van der Waals surface area contributed by atoms with Crippen molar-refractivity contribution in [3.8, 4) is 0 Å². The summed E-state index contributed by atoms with van der Waals surface area (Å²) in [5.41, 5.74) is 0.620. The van der Waals surface area contributed by atoms with E-state index in [4.69, 9.17) is 0 Å². The average molecular weight is 428 g/mol. The molecule has 3 atom stereocenters. The van der Waals surface area contributed by atoms with Crippen molar-refractivity contribution >= 4 is 40.7 Å². The van der Waals surface area contributed by atoms with Crippen LogP contribution in [-0.2, 0) is 0 Å². The lowest BCUT2D eigenvalue weighted by Gasteiger charge is -2.44. The molecule has 0 aromatic rings. The van der Waals surface area contributed by atoms with Gasteiger partial charge in [-0.05, 0) is 53.9 Å². The Hall–Kier alpha value is 0.877. The van der Waals surface area contributed by atoms with E-state index < -0.39 is 8.80 Å². The predicted molar refractivity (Wildman–Crippen MR) is 102 cm³/mol. The molecule has 0 bridgehead atoms. The Balaban J connectivity index is 4.96. The molecule has 0 aliphatic carbocycles. The van der Waals surface area contributed by atoms with Crippen molar-refractivity contribution in [3.63, 3.8) is 0 Å². The third-order valence-electron chi connectivity index (χ3n) is 4.04. The van der Waals surface area contributed by atoms with Crippen LogP contribution in [0.3, 0.4) is 0 Å². The molecule has 0 spiro atoms. The van der Waals surface area contributed by atoms with Crippen LogP contribution in [-0.4, -0.2) is 20.0 Å². The molecule has 1 nitrogen and oxygen atoms in total. The molecule has 0 fully saturated rings. The number of halogens is 2. The van der Waals surface area contributed by atoms with Crippen molar-refractivity contribution in [3.05, 3.63) is 9.47 Å². The van der Waals surface area contributed by atoms with Crippen LogP contribution in [0.15, 0.2) is 9.47 Å². The Morgan fingerprint density at radius 2 is 1.45 bits per heavy atom. The molecule has 0 saturated carbocycles. The third-order valence-corrected chi connectivity index (χ3v) is 9.72. The summed E-state index contributed by atoms with van der Waals surface area (Å²) in [5.74, 6) is 0.167. The topological polar surface area (TPSA) is 20.2 Å². The highest BCUT2D eigenvalue weighted by molar-refractivity contribution is 9.28. The van der Waals surface area contributed by atoms with E-state index in [1.165, 1.54) is 0 Å². The Bertz CT molecular complexity index is 310. The Kier molecular flexibility index (Phi) is 8.28. The summed E-state index contributed by atoms with van der Waals surface area (Å²) in [6, 6.07) is 0. The molecule has 0 saturated heterocycles. The summed E-state index contributed by atoms with van der Waals surface area (Å²) in [4.78, 5) is 0. The smallest absolute Gasteiger partial charge is 0.0600 e. The fourth-order valence-corrected chi connectivity index (χ4v) is 11.4. The maximum Gasteiger partial charge on any atom is 0.0600 e. The van der Waals surface area contributed by atoms with Gasteiger partial charge in [-0.1, -0.05) is 61.5 Å². The third kappa shape index (κ3) is 7.23. The number of aliphatic hydroxyl groups is 1. The summed E-state index contributed by atoms with van der Waals surface area (Å²) >= 11 is 6.75. The number of aliphatic hydroxyl groups excluding tert-OH is 1. The highest BCUT2D eigenvalue weighted by Crippen LogP contribution is 2.48. The Morgan fingerprint density at radius 1 is 1.05 bits per heavy atom. The van der Waals surface area contributed by atoms with Crippen molar-refractivity contribution in [1.29, 1.82) is 0 Å². The highest BCUT2D eigenvalue weighted by atomic mass is 79.9. The summed E-state index contributed by atoms with van der Waals surface area (Å²) in [5, 5.41) is 11.2. The summed E-state index contributed by atoms with van der Waals surface area (Å²) < 4.78 is 0.921. The normalized spacial score (nSPS) is 17.8. The van der Waals surface area contributed by atoms with Crippen LogP contribution in [0.25, 0.3) is 0 Å². The van der Waals surface area contributed by atoms with Crippen molar-refractivity contribution in [2.75, 3.05) is 0 Å². The number of rotatable bonds is 5. The zero-order valence-corrected chi connectivity index (χ0v) is 18.6. The Morgan fingerprint density at radius 3 is 1.75 bits per heavy atom. The van der Waals surface area contributed by atoms with Crippen molar-refractivity contribution < 1.29 is 5.11 Å². The molecule has 0 aliphatic heterocycles. The minimum absolute atomic E-state index is 0.167. The molecule has 0 amide bonds. The van der Waals surface area contributed by atoms with Crippen molar-refractivity contribution in [1.82, 2.24) is 0 Å². The molecule has 120 valence electrons. The largest absolute Gasteiger partial charge is 0.393 e. The van der Waals surface area contributed by atoms with Crippen LogP contribution in [0.4, 0.5) is 0 Å². The van der Waals surface area contributed by atoms with E-state index in [0.717, 1.165) is 9.81 Å². The van der Waals surface area contributed by atoms with Gasteiger partial charge in [0.25, 0.3) is 0 Å². The standard InChI is InChI=1S/C16H32Br2OSi/c1-11(9-14(17)18)13(19)10-12(2)20(15(3,4)5)16(6,7)8/h9,11-13,19-20H,10H2,1-8H3/t11-,12-,13-/m1/s1. The lowest BCUT2D eigenvalue weighted by Crippen LogP contribution is -2.40. The second kappa shape index (κ2) is 7.93.